The first-order valence-corrected chi connectivity index (χ1v) is 6.38. The van der Waals surface area contributed by atoms with Crippen LogP contribution >= 0.6 is 11.6 Å². The number of aliphatic hydroxyl groups excluding tert-OH is 1. The van der Waals surface area contributed by atoms with Gasteiger partial charge in [-0.05, 0) is 12.1 Å². The Morgan fingerprint density at radius 1 is 1.29 bits per heavy atom. The van der Waals surface area contributed by atoms with Crippen LogP contribution < -0.4 is 10.6 Å². The van der Waals surface area contributed by atoms with Crippen LogP contribution in [0.2, 0.25) is 5.02 Å². The van der Waals surface area contributed by atoms with Crippen LogP contribution in [0, 0.1) is 0 Å². The predicted octanol–water partition coefficient (Wildman–Crippen LogP) is -0.280. The Kier molecular flexibility index (Phi) is 6.64. The van der Waals surface area contributed by atoms with E-state index in [0.29, 0.717) is 0 Å². The van der Waals surface area contributed by atoms with Gasteiger partial charge in [-0.15, -0.1) is 0 Å². The van der Waals surface area contributed by atoms with Gasteiger partial charge in [-0.3, -0.25) is 9.59 Å². The maximum atomic E-state index is 11.8. The molecular weight excluding hydrogens is 300 g/mol. The number of hydrogen-bond donors (Lipinski definition) is 3. The van der Waals surface area contributed by atoms with Crippen LogP contribution in [0.25, 0.3) is 0 Å². The average Bonchev–Trinajstić information content (AvgIpc) is 2.49. The van der Waals surface area contributed by atoms with Crippen molar-refractivity contribution in [2.24, 2.45) is 0 Å². The number of benzene rings is 1. The highest BCUT2D eigenvalue weighted by atomic mass is 35.5. The third kappa shape index (κ3) is 5.41. The van der Waals surface area contributed by atoms with Crippen molar-refractivity contribution < 1.29 is 24.2 Å². The van der Waals surface area contributed by atoms with E-state index in [1.807, 2.05) is 0 Å². The topological polar surface area (TPSA) is 105 Å². The van der Waals surface area contributed by atoms with Gasteiger partial charge in [0.2, 0.25) is 5.91 Å². The molecule has 1 aromatic carbocycles. The lowest BCUT2D eigenvalue weighted by Gasteiger charge is -2.10. The van der Waals surface area contributed by atoms with Gasteiger partial charge in [-0.1, -0.05) is 23.7 Å². The summed E-state index contributed by atoms with van der Waals surface area (Å²) in [4.78, 5) is 34.1. The molecule has 0 radical (unpaired) electrons. The molecule has 21 heavy (non-hydrogen) atoms. The van der Waals surface area contributed by atoms with Crippen LogP contribution in [0.3, 0.4) is 0 Å². The Morgan fingerprint density at radius 3 is 2.57 bits per heavy atom. The van der Waals surface area contributed by atoms with E-state index in [2.05, 4.69) is 15.4 Å². The minimum atomic E-state index is -1.45. The first-order chi connectivity index (χ1) is 9.95. The second-order valence-corrected chi connectivity index (χ2v) is 4.41. The van der Waals surface area contributed by atoms with Gasteiger partial charge in [0.15, 0.2) is 6.10 Å². The summed E-state index contributed by atoms with van der Waals surface area (Å²) in [5.41, 5.74) is 0.251. The number of rotatable bonds is 6. The molecule has 0 spiro atoms. The smallest absolute Gasteiger partial charge is 0.336 e. The summed E-state index contributed by atoms with van der Waals surface area (Å²) < 4.78 is 4.29. The molecule has 3 N–H and O–H groups in total. The Hall–Kier alpha value is -2.12. The Bertz CT molecular complexity index is 535. The minimum Gasteiger partial charge on any atom is -0.467 e. The van der Waals surface area contributed by atoms with Gasteiger partial charge >= 0.3 is 5.97 Å². The van der Waals surface area contributed by atoms with E-state index in [4.69, 9.17) is 11.6 Å². The lowest BCUT2D eigenvalue weighted by molar-refractivity contribution is -0.150. The summed E-state index contributed by atoms with van der Waals surface area (Å²) in [7, 11) is 1.12. The minimum absolute atomic E-state index is 0.251. The van der Waals surface area contributed by atoms with Crippen molar-refractivity contribution in [2.45, 2.75) is 6.10 Å². The van der Waals surface area contributed by atoms with Gasteiger partial charge in [-0.25, -0.2) is 4.79 Å². The van der Waals surface area contributed by atoms with Crippen molar-refractivity contribution in [2.75, 3.05) is 20.2 Å². The standard InChI is InChI=1S/C13H15ClN2O5/c1-21-13(20)10(17)6-15-11(18)7-16-12(19)8-4-2-3-5-9(8)14/h2-5,10,17H,6-7H2,1H3,(H,15,18)(H,16,19). The predicted molar refractivity (Wildman–Crippen MR) is 74.8 cm³/mol. The highest BCUT2D eigenvalue weighted by Gasteiger charge is 2.16. The van der Waals surface area contributed by atoms with Crippen LogP contribution in [0.15, 0.2) is 24.3 Å². The van der Waals surface area contributed by atoms with Gasteiger partial charge < -0.3 is 20.5 Å². The number of methoxy groups -OCH3 is 1. The maximum Gasteiger partial charge on any atom is 0.336 e. The molecule has 0 aliphatic heterocycles. The summed E-state index contributed by atoms with van der Waals surface area (Å²) in [6, 6.07) is 6.41. The number of ether oxygens (including phenoxy) is 1. The molecule has 0 aromatic heterocycles. The molecule has 0 aliphatic rings. The second-order valence-electron chi connectivity index (χ2n) is 4.01. The number of amides is 2. The SMILES string of the molecule is COC(=O)C(O)CNC(=O)CNC(=O)c1ccccc1Cl. The lowest BCUT2D eigenvalue weighted by Crippen LogP contribution is -2.42. The molecule has 1 atom stereocenters. The monoisotopic (exact) mass is 314 g/mol. The normalized spacial score (nSPS) is 11.4. The van der Waals surface area contributed by atoms with E-state index in [1.165, 1.54) is 6.07 Å². The van der Waals surface area contributed by atoms with Crippen molar-refractivity contribution in [1.82, 2.24) is 10.6 Å². The lowest BCUT2D eigenvalue weighted by atomic mass is 10.2. The zero-order valence-electron chi connectivity index (χ0n) is 11.3. The number of halogens is 1. The Labute approximate surface area is 126 Å². The third-order valence-corrected chi connectivity index (χ3v) is 2.82. The number of hydrogen-bond acceptors (Lipinski definition) is 5. The largest absolute Gasteiger partial charge is 0.467 e. The molecule has 2 amide bonds. The Morgan fingerprint density at radius 2 is 1.95 bits per heavy atom. The highest BCUT2D eigenvalue weighted by Crippen LogP contribution is 2.14. The number of carbonyl (C=O) groups is 3. The van der Waals surface area contributed by atoms with E-state index >= 15 is 0 Å². The van der Waals surface area contributed by atoms with Gasteiger partial charge in [0.25, 0.3) is 5.91 Å². The van der Waals surface area contributed by atoms with Crippen LogP contribution in [-0.4, -0.2) is 49.2 Å². The maximum absolute atomic E-state index is 11.8. The average molecular weight is 315 g/mol. The van der Waals surface area contributed by atoms with Crippen LogP contribution in [0.4, 0.5) is 0 Å². The van der Waals surface area contributed by atoms with Gasteiger partial charge in [0.1, 0.15) is 0 Å². The molecule has 114 valence electrons. The van der Waals surface area contributed by atoms with Crippen molar-refractivity contribution in [3.8, 4) is 0 Å². The zero-order chi connectivity index (χ0) is 15.8. The molecule has 7 nitrogen and oxygen atoms in total. The zero-order valence-corrected chi connectivity index (χ0v) is 12.0. The molecular formula is C13H15ClN2O5. The van der Waals surface area contributed by atoms with Crippen molar-refractivity contribution >= 4 is 29.4 Å². The van der Waals surface area contributed by atoms with Crippen LogP contribution in [-0.2, 0) is 14.3 Å². The number of aliphatic hydroxyl groups is 1. The molecule has 0 heterocycles. The van der Waals surface area contributed by atoms with Crippen molar-refractivity contribution in [3.05, 3.63) is 34.9 Å². The Balaban J connectivity index is 2.38. The molecule has 8 heteroatoms. The number of carbonyl (C=O) groups excluding carboxylic acids is 3. The van der Waals surface area contributed by atoms with E-state index in [-0.39, 0.29) is 23.7 Å². The molecule has 0 fully saturated rings. The van der Waals surface area contributed by atoms with E-state index in [1.54, 1.807) is 18.2 Å². The van der Waals surface area contributed by atoms with Crippen molar-refractivity contribution in [1.29, 1.82) is 0 Å². The van der Waals surface area contributed by atoms with E-state index in [0.717, 1.165) is 7.11 Å². The second kappa shape index (κ2) is 8.23. The number of esters is 1. The summed E-state index contributed by atoms with van der Waals surface area (Å²) in [6.45, 7) is -0.606. The fourth-order valence-corrected chi connectivity index (χ4v) is 1.62. The molecule has 0 saturated carbocycles. The fourth-order valence-electron chi connectivity index (χ4n) is 1.39. The van der Waals surface area contributed by atoms with Gasteiger partial charge in [0, 0.05) is 0 Å². The number of nitrogens with one attached hydrogen (secondary N) is 2. The molecule has 1 unspecified atom stereocenters. The summed E-state index contributed by atoms with van der Waals surface area (Å²) >= 11 is 5.84. The quantitative estimate of drug-likeness (QED) is 0.626. The van der Waals surface area contributed by atoms with Gasteiger partial charge in [0.05, 0.1) is 30.8 Å². The third-order valence-electron chi connectivity index (χ3n) is 2.49. The van der Waals surface area contributed by atoms with E-state index < -0.39 is 23.9 Å². The van der Waals surface area contributed by atoms with E-state index in [9.17, 15) is 19.5 Å². The summed E-state index contributed by atoms with van der Waals surface area (Å²) in [6.07, 6.45) is -1.45. The molecule has 0 bridgehead atoms. The molecule has 1 aromatic rings. The molecule has 1 rings (SSSR count). The summed E-state index contributed by atoms with van der Waals surface area (Å²) in [5, 5.41) is 14.2. The molecule has 0 saturated heterocycles. The summed E-state index contributed by atoms with van der Waals surface area (Å²) in [5.74, 6) is -1.90. The first kappa shape index (κ1) is 16.9. The van der Waals surface area contributed by atoms with Crippen LogP contribution in [0.1, 0.15) is 10.4 Å². The van der Waals surface area contributed by atoms with Crippen LogP contribution in [0.5, 0.6) is 0 Å². The highest BCUT2D eigenvalue weighted by molar-refractivity contribution is 6.33. The van der Waals surface area contributed by atoms with Crippen molar-refractivity contribution in [3.63, 3.8) is 0 Å². The van der Waals surface area contributed by atoms with Gasteiger partial charge in [-0.2, -0.15) is 0 Å². The molecule has 0 aliphatic carbocycles. The fraction of sp³-hybridized carbons (Fsp3) is 0.308. The first-order valence-electron chi connectivity index (χ1n) is 6.01.